The third-order valence-electron chi connectivity index (χ3n) is 11.4. The lowest BCUT2D eigenvalue weighted by atomic mass is 9.82. The second-order valence-corrected chi connectivity index (χ2v) is 16.6. The Hall–Kier alpha value is -6.47. The average Bonchev–Trinajstić information content (AvgIpc) is 3.74. The number of allylic oxidation sites excluding steroid dienone is 2. The van der Waals surface area contributed by atoms with E-state index in [0.29, 0.717) is 30.6 Å². The van der Waals surface area contributed by atoms with Crippen LogP contribution in [0.5, 0.6) is 0 Å². The molecule has 0 saturated carbocycles. The maximum absolute atomic E-state index is 13.7. The molecule has 2 fully saturated rings. The number of ether oxygens (including phenoxy) is 4. The Balaban J connectivity index is 1.08. The second-order valence-electron chi connectivity index (χ2n) is 16.6. The number of anilines is 1. The number of nitrogens with two attached hydrogens (primary N) is 3. The summed E-state index contributed by atoms with van der Waals surface area (Å²) >= 11 is 0. The fraction of sp³-hybridized carbons (Fsp3) is 0.465. The number of carbonyl (C=O) groups is 7. The predicted molar refractivity (Wildman–Crippen MR) is 222 cm³/mol. The third kappa shape index (κ3) is 9.23. The Labute approximate surface area is 358 Å². The molecule has 4 aliphatic rings. The summed E-state index contributed by atoms with van der Waals surface area (Å²) in [6.45, 7) is 6.60. The van der Waals surface area contributed by atoms with E-state index in [4.69, 9.17) is 36.1 Å². The first-order chi connectivity index (χ1) is 29.4. The number of Topliss-reactive ketones (excluding diaryl/α,β-unsaturated/α-hetero) is 2. The molecule has 6 rings (SSSR count). The standard InChI is InChI=1S/C43H54N8O11/c1-23-32(45)35(53)31-27(22-60-39(46)56)43(59-5)36-30(20-50(43)33(31)34(23)52)51(36)41(58)61-21-25-14-16-26(17-15-25)47-37(54)28(13-9-10-18-44)48-38(55)29(19-24-11-7-6-8-12-24)49-40(57)62-42(2,3)4/h6-8,11-12,14-17,27-30,36H,9-10,13,18-22,44-45H2,1-5H3,(H2,46,56)(H,47,54)(H,48,55)(H,49,57)/t27?,28?,29-,30?,36?,43?,51?/m0/s1. The zero-order chi connectivity index (χ0) is 45.1. The summed E-state index contributed by atoms with van der Waals surface area (Å²) < 4.78 is 22.3. The molecule has 3 aliphatic heterocycles. The van der Waals surface area contributed by atoms with Gasteiger partial charge in [0.25, 0.3) is 0 Å². The van der Waals surface area contributed by atoms with Gasteiger partial charge in [-0.15, -0.1) is 0 Å². The van der Waals surface area contributed by atoms with E-state index in [2.05, 4.69) is 16.0 Å². The highest BCUT2D eigenvalue weighted by Gasteiger charge is 2.78. The Morgan fingerprint density at radius 1 is 0.903 bits per heavy atom. The first-order valence-corrected chi connectivity index (χ1v) is 20.4. The van der Waals surface area contributed by atoms with Crippen LogP contribution >= 0.6 is 0 Å². The Morgan fingerprint density at radius 3 is 2.23 bits per heavy atom. The number of piperazine rings is 1. The van der Waals surface area contributed by atoms with Crippen molar-refractivity contribution < 1.29 is 52.5 Å². The van der Waals surface area contributed by atoms with E-state index in [0.717, 1.165) is 5.56 Å². The molecule has 9 N–H and O–H groups in total. The zero-order valence-corrected chi connectivity index (χ0v) is 35.4. The minimum Gasteiger partial charge on any atom is -0.449 e. The number of rotatable bonds is 16. The Bertz CT molecular complexity index is 2170. The lowest BCUT2D eigenvalue weighted by Gasteiger charge is -2.40. The molecular weight excluding hydrogens is 805 g/mol. The molecule has 6 atom stereocenters. The second kappa shape index (κ2) is 18.3. The maximum Gasteiger partial charge on any atom is 0.410 e. The number of alkyl carbamates (subject to hydrolysis) is 1. The number of nitrogens with zero attached hydrogens (tertiary/aromatic N) is 2. The zero-order valence-electron chi connectivity index (χ0n) is 35.4. The Morgan fingerprint density at radius 2 is 1.60 bits per heavy atom. The maximum atomic E-state index is 13.7. The predicted octanol–water partition coefficient (Wildman–Crippen LogP) is 2.09. The van der Waals surface area contributed by atoms with Gasteiger partial charge >= 0.3 is 18.3 Å². The van der Waals surface area contributed by atoms with Crippen LogP contribution in [-0.2, 0) is 51.2 Å². The van der Waals surface area contributed by atoms with E-state index in [-0.39, 0.29) is 48.5 Å². The van der Waals surface area contributed by atoms with Gasteiger partial charge in [-0.2, -0.15) is 0 Å². The molecule has 62 heavy (non-hydrogen) atoms. The first-order valence-electron chi connectivity index (χ1n) is 20.4. The van der Waals surface area contributed by atoms with Crippen LogP contribution in [0.1, 0.15) is 58.1 Å². The van der Waals surface area contributed by atoms with E-state index in [1.54, 1.807) is 49.9 Å². The van der Waals surface area contributed by atoms with E-state index in [1.807, 2.05) is 30.3 Å². The molecule has 3 heterocycles. The van der Waals surface area contributed by atoms with Crippen LogP contribution in [0.15, 0.2) is 77.1 Å². The molecular formula is C43H54N8O11. The van der Waals surface area contributed by atoms with Gasteiger partial charge in [0.05, 0.1) is 23.4 Å². The van der Waals surface area contributed by atoms with Gasteiger partial charge in [0.1, 0.15) is 36.9 Å². The quantitative estimate of drug-likeness (QED) is 0.0611. The molecule has 5 unspecified atom stereocenters. The fourth-order valence-electron chi connectivity index (χ4n) is 8.40. The van der Waals surface area contributed by atoms with Crippen molar-refractivity contribution in [2.45, 2.75) is 95.5 Å². The molecule has 2 saturated heterocycles. The highest BCUT2D eigenvalue weighted by Crippen LogP contribution is 2.59. The van der Waals surface area contributed by atoms with Crippen LogP contribution in [0, 0.1) is 5.92 Å². The van der Waals surface area contributed by atoms with Gasteiger partial charge in [-0.25, -0.2) is 14.4 Å². The van der Waals surface area contributed by atoms with E-state index < -0.39 is 89.7 Å². The Kier molecular flexibility index (Phi) is 13.3. The number of benzene rings is 2. The molecule has 0 spiro atoms. The number of hydrogen-bond acceptors (Lipinski definition) is 14. The highest BCUT2D eigenvalue weighted by atomic mass is 16.6. The van der Waals surface area contributed by atoms with Crippen molar-refractivity contribution in [2.24, 2.45) is 23.1 Å². The van der Waals surface area contributed by atoms with Crippen LogP contribution in [0.4, 0.5) is 20.1 Å². The highest BCUT2D eigenvalue weighted by molar-refractivity contribution is 6.25. The molecule has 0 radical (unpaired) electrons. The molecule has 0 aromatic heterocycles. The van der Waals surface area contributed by atoms with Crippen LogP contribution in [0.2, 0.25) is 0 Å². The molecule has 2 aromatic carbocycles. The first kappa shape index (κ1) is 45.1. The summed E-state index contributed by atoms with van der Waals surface area (Å²) in [6.07, 6.45) is -0.942. The fourth-order valence-corrected chi connectivity index (χ4v) is 8.40. The number of nitrogens with one attached hydrogen (secondary N) is 3. The van der Waals surface area contributed by atoms with Gasteiger partial charge in [-0.05, 0) is 76.8 Å². The van der Waals surface area contributed by atoms with E-state index in [1.165, 1.54) is 18.9 Å². The van der Waals surface area contributed by atoms with Gasteiger partial charge in [0.2, 0.25) is 23.4 Å². The molecule has 19 heteroatoms. The van der Waals surface area contributed by atoms with Crippen LogP contribution in [0.25, 0.3) is 0 Å². The number of hydrogen-bond donors (Lipinski definition) is 6. The SMILES string of the molecule is COC12C(COC(N)=O)C3=C(C(=O)C(C)=C(N)C3=O)N1CC1C2N1C(=O)OCc1ccc(NC(=O)C(CCCCN)NC(=O)[C@H](Cc2ccccc2)NC(=O)OC(C)(C)C)cc1. The summed E-state index contributed by atoms with van der Waals surface area (Å²) in [5.74, 6) is -3.09. The van der Waals surface area contributed by atoms with Crippen LogP contribution in [0.3, 0.4) is 0 Å². The van der Waals surface area contributed by atoms with Crippen molar-refractivity contribution in [2.75, 3.05) is 32.1 Å². The minimum absolute atomic E-state index is 0.0405. The number of unbranched alkanes of at least 4 members (excludes halogenated alkanes) is 1. The van der Waals surface area contributed by atoms with E-state index in [9.17, 15) is 33.6 Å². The van der Waals surface area contributed by atoms with Crippen LogP contribution in [-0.4, -0.2) is 114 Å². The molecule has 0 bridgehead atoms. The summed E-state index contributed by atoms with van der Waals surface area (Å²) in [5, 5.41) is 8.30. The third-order valence-corrected chi connectivity index (χ3v) is 11.4. The smallest absolute Gasteiger partial charge is 0.410 e. The van der Waals surface area contributed by atoms with Gasteiger partial charge in [0, 0.05) is 36.9 Å². The van der Waals surface area contributed by atoms with Crippen molar-refractivity contribution >= 4 is 47.3 Å². The van der Waals surface area contributed by atoms with Gasteiger partial charge in [-0.3, -0.25) is 24.1 Å². The van der Waals surface area contributed by atoms with Gasteiger partial charge < -0.3 is 57.0 Å². The lowest BCUT2D eigenvalue weighted by molar-refractivity contribution is -0.144. The van der Waals surface area contributed by atoms with E-state index >= 15 is 0 Å². The molecule has 332 valence electrons. The number of primary amides is 1. The molecule has 19 nitrogen and oxygen atoms in total. The minimum atomic E-state index is -1.45. The van der Waals surface area contributed by atoms with Crippen molar-refractivity contribution in [3.8, 4) is 0 Å². The van der Waals surface area contributed by atoms with Crippen molar-refractivity contribution in [3.05, 3.63) is 88.3 Å². The van der Waals surface area contributed by atoms with Crippen molar-refractivity contribution in [3.63, 3.8) is 0 Å². The summed E-state index contributed by atoms with van der Waals surface area (Å²) in [4.78, 5) is 95.3. The van der Waals surface area contributed by atoms with Gasteiger partial charge in [-0.1, -0.05) is 42.5 Å². The topological polar surface area (TPSA) is 277 Å². The summed E-state index contributed by atoms with van der Waals surface area (Å²) in [5.41, 5.74) is 16.6. The molecule has 2 aromatic rings. The number of fused-ring (bicyclic) bond motifs is 4. The number of ketones is 2. The molecule has 5 amide bonds. The van der Waals surface area contributed by atoms with Crippen LogP contribution < -0.4 is 33.2 Å². The van der Waals surface area contributed by atoms with Crippen molar-refractivity contribution in [1.29, 1.82) is 0 Å². The number of amides is 5. The normalized spacial score (nSPS) is 22.3. The summed E-state index contributed by atoms with van der Waals surface area (Å²) in [6, 6.07) is 12.6. The largest absolute Gasteiger partial charge is 0.449 e. The number of methoxy groups -OCH3 is 1. The van der Waals surface area contributed by atoms with Gasteiger partial charge in [0.15, 0.2) is 5.72 Å². The monoisotopic (exact) mass is 858 g/mol. The molecule has 1 aliphatic carbocycles. The average molecular weight is 859 g/mol. The van der Waals surface area contributed by atoms with Crippen molar-refractivity contribution in [1.82, 2.24) is 20.4 Å². The lowest BCUT2D eigenvalue weighted by Crippen LogP contribution is -2.56. The summed E-state index contributed by atoms with van der Waals surface area (Å²) in [7, 11) is 1.38. The number of carbonyl (C=O) groups excluding carboxylic acids is 7.